The molecule has 0 bridgehead atoms. The maximum absolute atomic E-state index is 14.3. The molecule has 3 rings (SSSR count). The van der Waals surface area contributed by atoms with Crippen LogP contribution in [-0.2, 0) is 15.9 Å². The monoisotopic (exact) mass is 397 g/mol. The third-order valence-electron chi connectivity index (χ3n) is 3.77. The Bertz CT molecular complexity index is 1040. The van der Waals surface area contributed by atoms with Gasteiger partial charge in [-0.1, -0.05) is 23.7 Å². The van der Waals surface area contributed by atoms with E-state index in [0.29, 0.717) is 17.5 Å². The van der Waals surface area contributed by atoms with Gasteiger partial charge in [0.1, 0.15) is 4.90 Å². The molecule has 0 spiro atoms. The zero-order valence-corrected chi connectivity index (χ0v) is 15.1. The summed E-state index contributed by atoms with van der Waals surface area (Å²) in [7, 11) is -4.30. The highest BCUT2D eigenvalue weighted by Crippen LogP contribution is 2.38. The van der Waals surface area contributed by atoms with Gasteiger partial charge in [0, 0.05) is 29.9 Å². The molecular formula is C17H14ClF2N3O2S. The average Bonchev–Trinajstić information content (AvgIpc) is 3.07. The molecule has 0 fully saturated rings. The number of benzene rings is 2. The van der Waals surface area contributed by atoms with Crippen LogP contribution in [0.25, 0.3) is 16.8 Å². The van der Waals surface area contributed by atoms with E-state index in [1.807, 2.05) is 0 Å². The van der Waals surface area contributed by atoms with Crippen LogP contribution in [0.4, 0.5) is 8.78 Å². The molecule has 1 heterocycles. The van der Waals surface area contributed by atoms with E-state index in [1.165, 1.54) is 30.6 Å². The first-order valence-corrected chi connectivity index (χ1v) is 9.35. The molecule has 1 aromatic heterocycles. The van der Waals surface area contributed by atoms with Gasteiger partial charge in [-0.25, -0.2) is 27.0 Å². The molecule has 0 unspecified atom stereocenters. The van der Waals surface area contributed by atoms with Crippen LogP contribution < -0.4 is 5.14 Å². The Labute approximate surface area is 154 Å². The van der Waals surface area contributed by atoms with Crippen LogP contribution in [0, 0.1) is 0 Å². The third-order valence-corrected chi connectivity index (χ3v) is 4.94. The Hall–Kier alpha value is -2.29. The highest BCUT2D eigenvalue weighted by Gasteiger charge is 2.33. The minimum absolute atomic E-state index is 0.275. The van der Waals surface area contributed by atoms with Crippen molar-refractivity contribution in [3.8, 4) is 16.8 Å². The number of aromatic nitrogens is 2. The standard InChI is InChI=1S/C17H14ClF2N3O2S/c1-17(19,20)14-9-12(11-3-5-13(18)6-4-11)10-15(26(21,24)25)16(14)23-8-2-7-22-23/h2-10H,1H3,(H2,21,24,25). The van der Waals surface area contributed by atoms with Gasteiger partial charge in [0.25, 0.3) is 5.92 Å². The van der Waals surface area contributed by atoms with Crippen molar-refractivity contribution in [2.45, 2.75) is 17.7 Å². The van der Waals surface area contributed by atoms with Crippen LogP contribution in [-0.4, -0.2) is 18.2 Å². The molecule has 0 aliphatic carbocycles. The summed E-state index contributed by atoms with van der Waals surface area (Å²) in [5, 5.41) is 9.67. The molecule has 136 valence electrons. The summed E-state index contributed by atoms with van der Waals surface area (Å²) in [5.41, 5.74) is 0.0235. The molecular weight excluding hydrogens is 384 g/mol. The Morgan fingerprint density at radius 2 is 1.81 bits per heavy atom. The number of nitrogens with two attached hydrogens (primary N) is 1. The second-order valence-electron chi connectivity index (χ2n) is 5.76. The van der Waals surface area contributed by atoms with Crippen molar-refractivity contribution in [2.75, 3.05) is 0 Å². The number of halogens is 3. The van der Waals surface area contributed by atoms with Crippen LogP contribution in [0.15, 0.2) is 59.8 Å². The van der Waals surface area contributed by atoms with Crippen molar-refractivity contribution in [1.82, 2.24) is 9.78 Å². The zero-order chi connectivity index (χ0) is 19.1. The van der Waals surface area contributed by atoms with Gasteiger partial charge in [-0.05, 0) is 41.5 Å². The maximum atomic E-state index is 14.3. The van der Waals surface area contributed by atoms with Gasteiger partial charge in [-0.3, -0.25) is 0 Å². The predicted octanol–water partition coefficient (Wildman–Crippen LogP) is 3.95. The van der Waals surface area contributed by atoms with Crippen molar-refractivity contribution in [1.29, 1.82) is 0 Å². The van der Waals surface area contributed by atoms with Gasteiger partial charge in [0.05, 0.1) is 5.69 Å². The molecule has 0 amide bonds. The summed E-state index contributed by atoms with van der Waals surface area (Å²) in [5.74, 6) is -3.33. The molecule has 5 nitrogen and oxygen atoms in total. The van der Waals surface area contributed by atoms with Crippen LogP contribution >= 0.6 is 11.6 Å². The zero-order valence-electron chi connectivity index (χ0n) is 13.5. The minimum atomic E-state index is -4.30. The fraction of sp³-hybridized carbons (Fsp3) is 0.118. The highest BCUT2D eigenvalue weighted by molar-refractivity contribution is 7.89. The van der Waals surface area contributed by atoms with Crippen molar-refractivity contribution in [3.63, 3.8) is 0 Å². The van der Waals surface area contributed by atoms with Crippen molar-refractivity contribution >= 4 is 21.6 Å². The quantitative estimate of drug-likeness (QED) is 0.724. The van der Waals surface area contributed by atoms with Gasteiger partial charge < -0.3 is 0 Å². The molecule has 2 aromatic carbocycles. The molecule has 26 heavy (non-hydrogen) atoms. The first-order valence-electron chi connectivity index (χ1n) is 7.42. The van der Waals surface area contributed by atoms with Gasteiger partial charge in [-0.15, -0.1) is 0 Å². The highest BCUT2D eigenvalue weighted by atomic mass is 35.5. The maximum Gasteiger partial charge on any atom is 0.272 e. The number of rotatable bonds is 4. The van der Waals surface area contributed by atoms with Crippen LogP contribution in [0.3, 0.4) is 0 Å². The van der Waals surface area contributed by atoms with Crippen LogP contribution in [0.5, 0.6) is 0 Å². The van der Waals surface area contributed by atoms with Crippen molar-refractivity contribution in [3.05, 3.63) is 65.4 Å². The smallest absolute Gasteiger partial charge is 0.239 e. The number of hydrogen-bond acceptors (Lipinski definition) is 3. The largest absolute Gasteiger partial charge is 0.272 e. The lowest BCUT2D eigenvalue weighted by Gasteiger charge is -2.20. The van der Waals surface area contributed by atoms with Crippen molar-refractivity contribution < 1.29 is 17.2 Å². The first kappa shape index (κ1) is 18.5. The first-order chi connectivity index (χ1) is 12.1. The average molecular weight is 398 g/mol. The summed E-state index contributed by atoms with van der Waals surface area (Å²) in [6.45, 7) is 0.688. The van der Waals surface area contributed by atoms with E-state index < -0.39 is 26.4 Å². The van der Waals surface area contributed by atoms with E-state index in [2.05, 4.69) is 5.10 Å². The van der Waals surface area contributed by atoms with Crippen LogP contribution in [0.1, 0.15) is 12.5 Å². The summed E-state index contributed by atoms with van der Waals surface area (Å²) in [4.78, 5) is -0.440. The SMILES string of the molecule is CC(F)(F)c1cc(-c2ccc(Cl)cc2)cc(S(N)(=O)=O)c1-n1cccn1. The second kappa shape index (κ2) is 6.46. The summed E-state index contributed by atoms with van der Waals surface area (Å²) in [6, 6.07) is 10.4. The molecule has 0 saturated carbocycles. The Kier molecular flexibility index (Phi) is 4.60. The topological polar surface area (TPSA) is 78.0 Å². The summed E-state index contributed by atoms with van der Waals surface area (Å²) < 4.78 is 54.0. The Morgan fingerprint density at radius 1 is 1.15 bits per heavy atom. The molecule has 3 aromatic rings. The van der Waals surface area contributed by atoms with Gasteiger partial charge >= 0.3 is 0 Å². The Morgan fingerprint density at radius 3 is 2.31 bits per heavy atom. The fourth-order valence-electron chi connectivity index (χ4n) is 2.61. The van der Waals surface area contributed by atoms with E-state index in [9.17, 15) is 17.2 Å². The molecule has 0 atom stereocenters. The molecule has 9 heteroatoms. The minimum Gasteiger partial charge on any atom is -0.239 e. The molecule has 0 radical (unpaired) electrons. The number of sulfonamides is 1. The molecule has 0 aliphatic rings. The molecule has 2 N–H and O–H groups in total. The van der Waals surface area contributed by atoms with E-state index in [4.69, 9.17) is 16.7 Å². The number of alkyl halides is 2. The van der Waals surface area contributed by atoms with Crippen LogP contribution in [0.2, 0.25) is 5.02 Å². The Balaban J connectivity index is 2.40. The van der Waals surface area contributed by atoms with Gasteiger partial charge in [0.15, 0.2) is 0 Å². The van der Waals surface area contributed by atoms with E-state index in [1.54, 1.807) is 24.3 Å². The lowest BCUT2D eigenvalue weighted by atomic mass is 9.99. The molecule has 0 aliphatic heterocycles. The van der Waals surface area contributed by atoms with E-state index in [-0.39, 0.29) is 11.3 Å². The van der Waals surface area contributed by atoms with E-state index in [0.717, 1.165) is 4.68 Å². The van der Waals surface area contributed by atoms with E-state index >= 15 is 0 Å². The lowest BCUT2D eigenvalue weighted by Crippen LogP contribution is -2.20. The summed E-state index contributed by atoms with van der Waals surface area (Å²) >= 11 is 5.85. The number of nitrogens with zero attached hydrogens (tertiary/aromatic N) is 2. The molecule has 0 saturated heterocycles. The van der Waals surface area contributed by atoms with Gasteiger partial charge in [-0.2, -0.15) is 5.10 Å². The number of primary sulfonamides is 1. The predicted molar refractivity (Wildman–Crippen MR) is 95.0 cm³/mol. The van der Waals surface area contributed by atoms with Gasteiger partial charge in [0.2, 0.25) is 10.0 Å². The second-order valence-corrected chi connectivity index (χ2v) is 7.73. The number of hydrogen-bond donors (Lipinski definition) is 1. The lowest BCUT2D eigenvalue weighted by molar-refractivity contribution is 0.0172. The normalized spacial score (nSPS) is 12.3. The third kappa shape index (κ3) is 3.62. The summed E-state index contributed by atoms with van der Waals surface area (Å²) in [6.07, 6.45) is 2.73. The fourth-order valence-corrected chi connectivity index (χ4v) is 3.50. The van der Waals surface area contributed by atoms with Crippen molar-refractivity contribution in [2.24, 2.45) is 5.14 Å².